The fourth-order valence-electron chi connectivity index (χ4n) is 1.06. The van der Waals surface area contributed by atoms with Crippen LogP contribution in [0.15, 0.2) is 4.52 Å². The first-order valence-corrected chi connectivity index (χ1v) is 4.70. The van der Waals surface area contributed by atoms with Crippen molar-refractivity contribution in [2.24, 2.45) is 0 Å². The average molecular weight is 194 g/mol. The molecule has 0 saturated carbocycles. The molecule has 0 saturated heterocycles. The Hall–Kier alpha value is -1.41. The van der Waals surface area contributed by atoms with Crippen LogP contribution in [0.3, 0.4) is 0 Å². The molecule has 0 atom stereocenters. The van der Waals surface area contributed by atoms with Gasteiger partial charge >= 0.3 is 0 Å². The summed E-state index contributed by atoms with van der Waals surface area (Å²) in [7, 11) is 0. The van der Waals surface area contributed by atoms with E-state index in [-0.39, 0.29) is 0 Å². The van der Waals surface area contributed by atoms with Crippen molar-refractivity contribution in [1.82, 2.24) is 15.5 Å². The summed E-state index contributed by atoms with van der Waals surface area (Å²) in [6.07, 6.45) is 2.56. The normalized spacial score (nSPS) is 10.0. The van der Waals surface area contributed by atoms with E-state index < -0.39 is 0 Å². The molecule has 1 rings (SSSR count). The number of nitriles is 1. The van der Waals surface area contributed by atoms with Crippen molar-refractivity contribution in [3.63, 3.8) is 0 Å². The molecular formula is C9H14N4O. The van der Waals surface area contributed by atoms with E-state index in [2.05, 4.69) is 21.5 Å². The lowest BCUT2D eigenvalue weighted by molar-refractivity contribution is 0.364. The Morgan fingerprint density at radius 1 is 1.50 bits per heavy atom. The highest BCUT2D eigenvalue weighted by molar-refractivity contribution is 4.81. The Balaban J connectivity index is 2.02. The van der Waals surface area contributed by atoms with Crippen LogP contribution in [-0.2, 0) is 6.54 Å². The van der Waals surface area contributed by atoms with E-state index in [1.807, 2.05) is 0 Å². The molecule has 0 aliphatic heterocycles. The predicted molar refractivity (Wildman–Crippen MR) is 50.2 cm³/mol. The lowest BCUT2D eigenvalue weighted by Crippen LogP contribution is -2.14. The van der Waals surface area contributed by atoms with Gasteiger partial charge in [-0.25, -0.2) is 0 Å². The molecule has 0 bridgehead atoms. The molecule has 1 aromatic heterocycles. The van der Waals surface area contributed by atoms with Crippen LogP contribution >= 0.6 is 0 Å². The topological polar surface area (TPSA) is 74.7 Å². The fourth-order valence-corrected chi connectivity index (χ4v) is 1.06. The van der Waals surface area contributed by atoms with E-state index in [4.69, 9.17) is 9.78 Å². The number of hydrogen-bond acceptors (Lipinski definition) is 5. The molecular weight excluding hydrogens is 180 g/mol. The molecule has 0 aliphatic rings. The van der Waals surface area contributed by atoms with Crippen LogP contribution in [0.2, 0.25) is 0 Å². The van der Waals surface area contributed by atoms with E-state index in [0.717, 1.165) is 19.4 Å². The lowest BCUT2D eigenvalue weighted by atomic mass is 10.2. The number of hydrogen-bond donors (Lipinski definition) is 1. The second-order valence-corrected chi connectivity index (χ2v) is 3.03. The lowest BCUT2D eigenvalue weighted by Gasteiger charge is -1.98. The third-order valence-electron chi connectivity index (χ3n) is 1.74. The maximum absolute atomic E-state index is 8.30. The molecule has 0 spiro atoms. The first kappa shape index (κ1) is 10.7. The standard InChI is InChI=1S/C9H14N4O/c1-8-12-9(14-13-8)7-11-6-4-2-3-5-10/h11H,2-4,6-7H2,1H3. The summed E-state index contributed by atoms with van der Waals surface area (Å²) < 4.78 is 4.92. The zero-order chi connectivity index (χ0) is 10.2. The average Bonchev–Trinajstić information content (AvgIpc) is 2.58. The molecule has 0 amide bonds. The van der Waals surface area contributed by atoms with Crippen molar-refractivity contribution in [3.05, 3.63) is 11.7 Å². The molecule has 14 heavy (non-hydrogen) atoms. The molecule has 1 N–H and O–H groups in total. The highest BCUT2D eigenvalue weighted by Gasteiger charge is 2.00. The second kappa shape index (κ2) is 6.11. The van der Waals surface area contributed by atoms with Gasteiger partial charge in [-0.05, 0) is 26.3 Å². The molecule has 76 valence electrons. The van der Waals surface area contributed by atoms with E-state index in [1.54, 1.807) is 6.92 Å². The summed E-state index contributed by atoms with van der Waals surface area (Å²) in [5.74, 6) is 1.27. The Bertz CT molecular complexity index is 302. The third-order valence-corrected chi connectivity index (χ3v) is 1.74. The van der Waals surface area contributed by atoms with Crippen LogP contribution in [-0.4, -0.2) is 16.7 Å². The zero-order valence-corrected chi connectivity index (χ0v) is 8.29. The van der Waals surface area contributed by atoms with Crippen LogP contribution in [0.25, 0.3) is 0 Å². The number of rotatable bonds is 6. The number of nitrogens with one attached hydrogen (secondary N) is 1. The monoisotopic (exact) mass is 194 g/mol. The number of aryl methyl sites for hydroxylation is 1. The van der Waals surface area contributed by atoms with E-state index in [9.17, 15) is 0 Å². The smallest absolute Gasteiger partial charge is 0.240 e. The Morgan fingerprint density at radius 3 is 3.00 bits per heavy atom. The minimum Gasteiger partial charge on any atom is -0.338 e. The molecule has 1 aromatic rings. The highest BCUT2D eigenvalue weighted by atomic mass is 16.5. The highest BCUT2D eigenvalue weighted by Crippen LogP contribution is 1.96. The quantitative estimate of drug-likeness (QED) is 0.688. The third kappa shape index (κ3) is 4.01. The molecule has 0 unspecified atom stereocenters. The van der Waals surface area contributed by atoms with Crippen LogP contribution in [0.4, 0.5) is 0 Å². The molecule has 5 heteroatoms. The van der Waals surface area contributed by atoms with Crippen molar-refractivity contribution < 1.29 is 4.52 Å². The fraction of sp³-hybridized carbons (Fsp3) is 0.667. The molecule has 5 nitrogen and oxygen atoms in total. The minimum atomic E-state index is 0.605. The number of aromatic nitrogens is 2. The van der Waals surface area contributed by atoms with Gasteiger partial charge in [0.15, 0.2) is 5.82 Å². The minimum absolute atomic E-state index is 0.605. The summed E-state index contributed by atoms with van der Waals surface area (Å²) in [5, 5.41) is 15.1. The second-order valence-electron chi connectivity index (χ2n) is 3.03. The molecule has 0 radical (unpaired) electrons. The number of unbranched alkanes of at least 4 members (excludes halogenated alkanes) is 2. The molecule has 0 aromatic carbocycles. The summed E-state index contributed by atoms with van der Waals surface area (Å²) in [5.41, 5.74) is 0. The van der Waals surface area contributed by atoms with Crippen molar-refractivity contribution in [1.29, 1.82) is 5.26 Å². The van der Waals surface area contributed by atoms with Crippen molar-refractivity contribution in [2.45, 2.75) is 32.7 Å². The molecule has 0 fully saturated rings. The van der Waals surface area contributed by atoms with Gasteiger partial charge in [0.1, 0.15) is 0 Å². The van der Waals surface area contributed by atoms with E-state index in [1.165, 1.54) is 0 Å². The van der Waals surface area contributed by atoms with Gasteiger partial charge in [-0.15, -0.1) is 0 Å². The molecule has 0 aliphatic carbocycles. The Labute approximate surface area is 83.1 Å². The summed E-state index contributed by atoms with van der Waals surface area (Å²) in [4.78, 5) is 4.05. The van der Waals surface area contributed by atoms with Gasteiger partial charge in [0, 0.05) is 6.42 Å². The maximum atomic E-state index is 8.30. The SMILES string of the molecule is Cc1noc(CNCCCCC#N)n1. The summed E-state index contributed by atoms with van der Waals surface area (Å²) >= 11 is 0. The summed E-state index contributed by atoms with van der Waals surface area (Å²) in [6, 6.07) is 2.11. The van der Waals surface area contributed by atoms with Crippen LogP contribution in [0, 0.1) is 18.3 Å². The van der Waals surface area contributed by atoms with Crippen LogP contribution < -0.4 is 5.32 Å². The van der Waals surface area contributed by atoms with Crippen molar-refractivity contribution >= 4 is 0 Å². The van der Waals surface area contributed by atoms with E-state index >= 15 is 0 Å². The van der Waals surface area contributed by atoms with Gasteiger partial charge in [-0.2, -0.15) is 10.2 Å². The van der Waals surface area contributed by atoms with Crippen LogP contribution in [0.5, 0.6) is 0 Å². The summed E-state index contributed by atoms with van der Waals surface area (Å²) in [6.45, 7) is 3.27. The van der Waals surface area contributed by atoms with Gasteiger partial charge < -0.3 is 9.84 Å². The first-order valence-electron chi connectivity index (χ1n) is 4.70. The van der Waals surface area contributed by atoms with Gasteiger partial charge in [0.25, 0.3) is 0 Å². The Morgan fingerprint density at radius 2 is 2.36 bits per heavy atom. The van der Waals surface area contributed by atoms with Gasteiger partial charge in [-0.3, -0.25) is 0 Å². The largest absolute Gasteiger partial charge is 0.338 e. The molecule has 1 heterocycles. The van der Waals surface area contributed by atoms with Gasteiger partial charge in [0.05, 0.1) is 12.6 Å². The first-order chi connectivity index (χ1) is 6.83. The zero-order valence-electron chi connectivity index (χ0n) is 8.29. The van der Waals surface area contributed by atoms with Gasteiger partial charge in [0.2, 0.25) is 5.89 Å². The van der Waals surface area contributed by atoms with Crippen molar-refractivity contribution in [3.8, 4) is 6.07 Å². The van der Waals surface area contributed by atoms with Crippen LogP contribution in [0.1, 0.15) is 31.0 Å². The van der Waals surface area contributed by atoms with Gasteiger partial charge in [-0.1, -0.05) is 5.16 Å². The van der Waals surface area contributed by atoms with E-state index in [0.29, 0.717) is 24.7 Å². The van der Waals surface area contributed by atoms with Crippen molar-refractivity contribution in [2.75, 3.05) is 6.54 Å². The predicted octanol–water partition coefficient (Wildman–Crippen LogP) is 1.16. The number of nitrogens with zero attached hydrogens (tertiary/aromatic N) is 3. The maximum Gasteiger partial charge on any atom is 0.240 e. The Kier molecular flexibility index (Phi) is 4.65.